The van der Waals surface area contributed by atoms with Crippen LogP contribution in [0.2, 0.25) is 0 Å². The van der Waals surface area contributed by atoms with Crippen LogP contribution in [-0.4, -0.2) is 31.9 Å². The number of hydrogen-bond acceptors (Lipinski definition) is 4. The first-order chi connectivity index (χ1) is 7.06. The maximum absolute atomic E-state index is 11.4. The molecule has 1 aromatic heterocycles. The van der Waals surface area contributed by atoms with Crippen LogP contribution in [0, 0.1) is 0 Å². The number of furan rings is 1. The molecule has 0 spiro atoms. The van der Waals surface area contributed by atoms with Crippen molar-refractivity contribution in [2.45, 2.75) is 18.6 Å². The van der Waals surface area contributed by atoms with Crippen molar-refractivity contribution in [2.75, 3.05) is 13.2 Å². The summed E-state index contributed by atoms with van der Waals surface area (Å²) < 4.78 is 30.2. The van der Waals surface area contributed by atoms with Crippen LogP contribution in [0.3, 0.4) is 0 Å². The molecule has 86 valence electrons. The van der Waals surface area contributed by atoms with Gasteiger partial charge in [-0.25, -0.2) is 13.1 Å². The SMILES string of the molecule is CC(CO)S(=O)(=O)NCCc1ccco1. The number of rotatable bonds is 6. The lowest BCUT2D eigenvalue weighted by atomic mass is 10.3. The molecule has 0 amide bonds. The van der Waals surface area contributed by atoms with E-state index in [1.165, 1.54) is 6.92 Å². The first-order valence-electron chi connectivity index (χ1n) is 4.68. The highest BCUT2D eigenvalue weighted by Crippen LogP contribution is 2.01. The standard InChI is InChI=1S/C9H15NO4S/c1-8(7-11)15(12,13)10-5-4-9-3-2-6-14-9/h2-3,6,8,10-11H,4-5,7H2,1H3. The van der Waals surface area contributed by atoms with E-state index >= 15 is 0 Å². The smallest absolute Gasteiger partial charge is 0.216 e. The Kier molecular flexibility index (Phi) is 4.31. The fourth-order valence-electron chi connectivity index (χ4n) is 1.01. The van der Waals surface area contributed by atoms with Crippen molar-refractivity contribution >= 4 is 10.0 Å². The lowest BCUT2D eigenvalue weighted by Gasteiger charge is -2.10. The average Bonchev–Trinajstić information content (AvgIpc) is 2.69. The van der Waals surface area contributed by atoms with Crippen LogP contribution in [0.25, 0.3) is 0 Å². The Morgan fingerprint density at radius 2 is 2.33 bits per heavy atom. The van der Waals surface area contributed by atoms with E-state index in [1.54, 1.807) is 18.4 Å². The van der Waals surface area contributed by atoms with Gasteiger partial charge in [-0.15, -0.1) is 0 Å². The summed E-state index contributed by atoms with van der Waals surface area (Å²) in [5.74, 6) is 0.731. The van der Waals surface area contributed by atoms with Gasteiger partial charge >= 0.3 is 0 Å². The second-order valence-corrected chi connectivity index (χ2v) is 5.45. The molecule has 15 heavy (non-hydrogen) atoms. The summed E-state index contributed by atoms with van der Waals surface area (Å²) in [6, 6.07) is 3.53. The number of hydrogen-bond donors (Lipinski definition) is 2. The zero-order valence-electron chi connectivity index (χ0n) is 8.51. The van der Waals surface area contributed by atoms with E-state index in [0.29, 0.717) is 6.42 Å². The number of nitrogens with one attached hydrogen (secondary N) is 1. The summed E-state index contributed by atoms with van der Waals surface area (Å²) in [6.07, 6.45) is 2.05. The van der Waals surface area contributed by atoms with Gasteiger partial charge in [-0.05, 0) is 19.1 Å². The normalized spacial score (nSPS) is 14.0. The molecule has 1 aromatic rings. The van der Waals surface area contributed by atoms with Gasteiger partial charge in [0, 0.05) is 13.0 Å². The van der Waals surface area contributed by atoms with E-state index in [4.69, 9.17) is 9.52 Å². The van der Waals surface area contributed by atoms with Crippen molar-refractivity contribution in [3.05, 3.63) is 24.2 Å². The van der Waals surface area contributed by atoms with Crippen molar-refractivity contribution in [3.8, 4) is 0 Å². The quantitative estimate of drug-likeness (QED) is 0.731. The van der Waals surface area contributed by atoms with Crippen LogP contribution in [0.15, 0.2) is 22.8 Å². The van der Waals surface area contributed by atoms with Gasteiger partial charge in [-0.3, -0.25) is 0 Å². The Balaban J connectivity index is 2.37. The van der Waals surface area contributed by atoms with Crippen LogP contribution >= 0.6 is 0 Å². The van der Waals surface area contributed by atoms with Crippen molar-refractivity contribution in [2.24, 2.45) is 0 Å². The Bertz CT molecular complexity index is 371. The highest BCUT2D eigenvalue weighted by Gasteiger charge is 2.18. The van der Waals surface area contributed by atoms with Gasteiger partial charge in [0.15, 0.2) is 0 Å². The van der Waals surface area contributed by atoms with Crippen LogP contribution in [0.5, 0.6) is 0 Å². The number of aliphatic hydroxyl groups excluding tert-OH is 1. The summed E-state index contributed by atoms with van der Waals surface area (Å²) in [5, 5.41) is 7.93. The molecule has 0 aliphatic heterocycles. The third-order valence-electron chi connectivity index (χ3n) is 2.04. The number of sulfonamides is 1. The highest BCUT2D eigenvalue weighted by atomic mass is 32.2. The summed E-state index contributed by atoms with van der Waals surface area (Å²) in [4.78, 5) is 0. The topological polar surface area (TPSA) is 79.5 Å². The molecule has 1 heterocycles. The predicted molar refractivity (Wildman–Crippen MR) is 55.9 cm³/mol. The van der Waals surface area contributed by atoms with E-state index in [-0.39, 0.29) is 13.2 Å². The van der Waals surface area contributed by atoms with Gasteiger partial charge in [0.25, 0.3) is 0 Å². The van der Waals surface area contributed by atoms with Gasteiger partial charge in [0.2, 0.25) is 10.0 Å². The molecule has 0 aromatic carbocycles. The molecular weight excluding hydrogens is 218 g/mol. The van der Waals surface area contributed by atoms with E-state index in [1.807, 2.05) is 0 Å². The fraction of sp³-hybridized carbons (Fsp3) is 0.556. The van der Waals surface area contributed by atoms with Crippen molar-refractivity contribution in [1.29, 1.82) is 0 Å². The lowest BCUT2D eigenvalue weighted by Crippen LogP contribution is -2.35. The molecule has 0 saturated carbocycles. The zero-order valence-corrected chi connectivity index (χ0v) is 9.33. The molecule has 1 rings (SSSR count). The first kappa shape index (κ1) is 12.2. The highest BCUT2D eigenvalue weighted by molar-refractivity contribution is 7.90. The second kappa shape index (κ2) is 5.29. The van der Waals surface area contributed by atoms with Crippen molar-refractivity contribution in [1.82, 2.24) is 4.72 Å². The van der Waals surface area contributed by atoms with Gasteiger partial charge < -0.3 is 9.52 Å². The average molecular weight is 233 g/mol. The molecule has 0 bridgehead atoms. The molecule has 0 saturated heterocycles. The third kappa shape index (κ3) is 3.65. The molecule has 0 aliphatic rings. The van der Waals surface area contributed by atoms with Crippen molar-refractivity contribution < 1.29 is 17.9 Å². The molecule has 5 nitrogen and oxygen atoms in total. The first-order valence-corrected chi connectivity index (χ1v) is 6.22. The maximum Gasteiger partial charge on any atom is 0.216 e. The zero-order chi connectivity index (χ0) is 11.3. The van der Waals surface area contributed by atoms with Crippen LogP contribution in [-0.2, 0) is 16.4 Å². The molecule has 1 unspecified atom stereocenters. The minimum Gasteiger partial charge on any atom is -0.469 e. The van der Waals surface area contributed by atoms with E-state index in [0.717, 1.165) is 5.76 Å². The molecule has 1 atom stereocenters. The summed E-state index contributed by atoms with van der Waals surface area (Å²) in [6.45, 7) is 1.35. The summed E-state index contributed by atoms with van der Waals surface area (Å²) in [5.41, 5.74) is 0. The van der Waals surface area contributed by atoms with E-state index in [2.05, 4.69) is 4.72 Å². The summed E-state index contributed by atoms with van der Waals surface area (Å²) in [7, 11) is -3.41. The van der Waals surface area contributed by atoms with E-state index in [9.17, 15) is 8.42 Å². The third-order valence-corrected chi connectivity index (χ3v) is 3.86. The summed E-state index contributed by atoms with van der Waals surface area (Å²) >= 11 is 0. The largest absolute Gasteiger partial charge is 0.469 e. The minimum absolute atomic E-state index is 0.278. The van der Waals surface area contributed by atoms with Gasteiger partial charge in [0.05, 0.1) is 18.1 Å². The Labute approximate surface area is 89.2 Å². The van der Waals surface area contributed by atoms with Crippen LogP contribution < -0.4 is 4.72 Å². The maximum atomic E-state index is 11.4. The predicted octanol–water partition coefficient (Wildman–Crippen LogP) is 0.122. The van der Waals surface area contributed by atoms with E-state index < -0.39 is 15.3 Å². The Hall–Kier alpha value is -0.850. The Morgan fingerprint density at radius 3 is 2.87 bits per heavy atom. The van der Waals surface area contributed by atoms with Gasteiger partial charge in [-0.2, -0.15) is 0 Å². The molecular formula is C9H15NO4S. The van der Waals surface area contributed by atoms with Crippen molar-refractivity contribution in [3.63, 3.8) is 0 Å². The second-order valence-electron chi connectivity index (χ2n) is 3.26. The molecule has 2 N–H and O–H groups in total. The van der Waals surface area contributed by atoms with Gasteiger partial charge in [0.1, 0.15) is 5.76 Å². The molecule has 0 fully saturated rings. The molecule has 0 aliphatic carbocycles. The number of aliphatic hydroxyl groups is 1. The van der Waals surface area contributed by atoms with Gasteiger partial charge in [-0.1, -0.05) is 0 Å². The Morgan fingerprint density at radius 1 is 1.60 bits per heavy atom. The van der Waals surface area contributed by atoms with Crippen LogP contribution in [0.4, 0.5) is 0 Å². The minimum atomic E-state index is -3.41. The lowest BCUT2D eigenvalue weighted by molar-refractivity contribution is 0.295. The monoisotopic (exact) mass is 233 g/mol. The fourth-order valence-corrected chi connectivity index (χ4v) is 1.88. The van der Waals surface area contributed by atoms with Crippen LogP contribution in [0.1, 0.15) is 12.7 Å². The molecule has 6 heteroatoms. The molecule has 0 radical (unpaired) electrons.